The first-order chi connectivity index (χ1) is 11.6. The molecule has 0 aliphatic carbocycles. The standard InChI is InChI=1S/C17H22N2O3S2/c1-2-3-4-12-5-7-13(8-6-12)18-15(20)11-24-17(23)19-14-9-10-22-16(14)21/h5-8,14H,2-4,9-11H2,1H3,(H,18,20)(H,19,23)/t14-/m0/s1. The quantitative estimate of drug-likeness (QED) is 0.571. The van der Waals surface area contributed by atoms with E-state index in [1.54, 1.807) is 0 Å². The first-order valence-corrected chi connectivity index (χ1v) is 9.46. The Morgan fingerprint density at radius 1 is 1.38 bits per heavy atom. The zero-order chi connectivity index (χ0) is 17.4. The Balaban J connectivity index is 1.70. The van der Waals surface area contributed by atoms with Crippen molar-refractivity contribution in [3.63, 3.8) is 0 Å². The number of cyclic esters (lactones) is 1. The van der Waals surface area contributed by atoms with Gasteiger partial charge in [-0.2, -0.15) is 0 Å². The van der Waals surface area contributed by atoms with Gasteiger partial charge >= 0.3 is 5.97 Å². The predicted octanol–water partition coefficient (Wildman–Crippen LogP) is 2.89. The van der Waals surface area contributed by atoms with E-state index in [0.717, 1.165) is 12.1 Å². The van der Waals surface area contributed by atoms with E-state index in [9.17, 15) is 9.59 Å². The minimum Gasteiger partial charge on any atom is -0.464 e. The molecule has 1 aliphatic heterocycles. The fourth-order valence-corrected chi connectivity index (χ4v) is 3.15. The van der Waals surface area contributed by atoms with Crippen molar-refractivity contribution in [2.24, 2.45) is 0 Å². The van der Waals surface area contributed by atoms with Crippen molar-refractivity contribution in [1.82, 2.24) is 5.32 Å². The van der Waals surface area contributed by atoms with E-state index in [4.69, 9.17) is 17.0 Å². The highest BCUT2D eigenvalue weighted by Crippen LogP contribution is 2.13. The Hall–Kier alpha value is -1.60. The molecule has 1 saturated heterocycles. The highest BCUT2D eigenvalue weighted by Gasteiger charge is 2.26. The van der Waals surface area contributed by atoms with Gasteiger partial charge < -0.3 is 15.4 Å². The largest absolute Gasteiger partial charge is 0.464 e. The molecule has 1 heterocycles. The molecule has 0 aromatic heterocycles. The van der Waals surface area contributed by atoms with Gasteiger partial charge in [0.15, 0.2) is 0 Å². The monoisotopic (exact) mass is 366 g/mol. The second-order valence-corrected chi connectivity index (χ2v) is 7.23. The minimum atomic E-state index is -0.385. The van der Waals surface area contributed by atoms with Crippen molar-refractivity contribution in [3.8, 4) is 0 Å². The molecule has 1 fully saturated rings. The summed E-state index contributed by atoms with van der Waals surface area (Å²) in [6.45, 7) is 2.58. The van der Waals surface area contributed by atoms with Crippen LogP contribution in [0.1, 0.15) is 31.7 Å². The lowest BCUT2D eigenvalue weighted by molar-refractivity contribution is -0.139. The predicted molar refractivity (Wildman–Crippen MR) is 101 cm³/mol. The van der Waals surface area contributed by atoms with Gasteiger partial charge in [-0.1, -0.05) is 49.5 Å². The van der Waals surface area contributed by atoms with Gasteiger partial charge in [-0.15, -0.1) is 0 Å². The maximum atomic E-state index is 12.0. The lowest BCUT2D eigenvalue weighted by Gasteiger charge is -2.11. The van der Waals surface area contributed by atoms with Crippen LogP contribution in [-0.2, 0) is 20.7 Å². The molecular formula is C17H22N2O3S2. The number of thioether (sulfide) groups is 1. The summed E-state index contributed by atoms with van der Waals surface area (Å²) in [7, 11) is 0. The fourth-order valence-electron chi connectivity index (χ4n) is 2.27. The normalized spacial score (nSPS) is 16.5. The number of carbonyl (C=O) groups is 2. The molecule has 5 nitrogen and oxygen atoms in total. The van der Waals surface area contributed by atoms with E-state index in [0.29, 0.717) is 17.3 Å². The Morgan fingerprint density at radius 3 is 2.75 bits per heavy atom. The first-order valence-electron chi connectivity index (χ1n) is 8.07. The summed E-state index contributed by atoms with van der Waals surface area (Å²) >= 11 is 6.36. The number of esters is 1. The number of hydrogen-bond donors (Lipinski definition) is 2. The fraction of sp³-hybridized carbons (Fsp3) is 0.471. The van der Waals surface area contributed by atoms with E-state index in [1.165, 1.54) is 30.2 Å². The highest BCUT2D eigenvalue weighted by molar-refractivity contribution is 8.23. The summed E-state index contributed by atoms with van der Waals surface area (Å²) in [5.41, 5.74) is 2.05. The van der Waals surface area contributed by atoms with Gasteiger partial charge in [-0.05, 0) is 30.5 Å². The molecule has 1 amide bonds. The van der Waals surface area contributed by atoms with Crippen LogP contribution < -0.4 is 10.6 Å². The second kappa shape index (κ2) is 9.64. The molecule has 130 valence electrons. The van der Waals surface area contributed by atoms with Crippen molar-refractivity contribution in [2.45, 2.75) is 38.6 Å². The van der Waals surface area contributed by atoms with Crippen LogP contribution >= 0.6 is 24.0 Å². The molecule has 1 aliphatic rings. The Morgan fingerprint density at radius 2 is 2.12 bits per heavy atom. The molecule has 0 saturated carbocycles. The molecule has 0 radical (unpaired) electrons. The average molecular weight is 367 g/mol. The summed E-state index contributed by atoms with van der Waals surface area (Å²) < 4.78 is 5.29. The molecule has 24 heavy (non-hydrogen) atoms. The molecule has 0 unspecified atom stereocenters. The van der Waals surface area contributed by atoms with Gasteiger partial charge in [0.2, 0.25) is 5.91 Å². The van der Waals surface area contributed by atoms with Gasteiger partial charge in [-0.25, -0.2) is 4.79 Å². The van der Waals surface area contributed by atoms with Crippen LogP contribution in [0.4, 0.5) is 5.69 Å². The Kier molecular flexibility index (Phi) is 7.52. The molecule has 2 rings (SSSR count). The minimum absolute atomic E-state index is 0.126. The number of nitrogens with one attached hydrogen (secondary N) is 2. The molecule has 2 N–H and O–H groups in total. The lowest BCUT2D eigenvalue weighted by atomic mass is 10.1. The van der Waals surface area contributed by atoms with Crippen LogP contribution in [0, 0.1) is 0 Å². The number of hydrogen-bond acceptors (Lipinski definition) is 5. The summed E-state index contributed by atoms with van der Waals surface area (Å²) in [6.07, 6.45) is 4.00. The molecule has 1 atom stereocenters. The van der Waals surface area contributed by atoms with Crippen LogP contribution in [-0.4, -0.2) is 34.6 Å². The van der Waals surface area contributed by atoms with E-state index in [1.807, 2.05) is 24.3 Å². The number of benzene rings is 1. The molecule has 7 heteroatoms. The number of thiocarbonyl (C=S) groups is 1. The number of ether oxygens (including phenoxy) is 1. The SMILES string of the molecule is CCCCc1ccc(NC(=O)CSC(=S)N[C@H]2CCOC2=O)cc1. The van der Waals surface area contributed by atoms with E-state index in [2.05, 4.69) is 17.6 Å². The van der Waals surface area contributed by atoms with Crippen LogP contribution in [0.5, 0.6) is 0 Å². The summed E-state index contributed by atoms with van der Waals surface area (Å²) in [5.74, 6) is -0.212. The van der Waals surface area contributed by atoms with Crippen molar-refractivity contribution in [3.05, 3.63) is 29.8 Å². The van der Waals surface area contributed by atoms with E-state index < -0.39 is 0 Å². The summed E-state index contributed by atoms with van der Waals surface area (Å²) in [6, 6.07) is 7.52. The number of unbranched alkanes of at least 4 members (excludes halogenated alkanes) is 1. The summed E-state index contributed by atoms with van der Waals surface area (Å²) in [4.78, 5) is 23.3. The van der Waals surface area contributed by atoms with Gasteiger partial charge in [0.25, 0.3) is 0 Å². The summed E-state index contributed by atoms with van der Waals surface area (Å²) in [5, 5.41) is 5.76. The Bertz CT molecular complexity index is 590. The molecular weight excluding hydrogens is 344 g/mol. The van der Waals surface area contributed by atoms with Gasteiger partial charge in [0, 0.05) is 12.1 Å². The second-order valence-electron chi connectivity index (χ2n) is 5.58. The van der Waals surface area contributed by atoms with E-state index >= 15 is 0 Å². The van der Waals surface area contributed by atoms with Crippen molar-refractivity contribution in [2.75, 3.05) is 17.7 Å². The smallest absolute Gasteiger partial charge is 0.328 e. The number of amides is 1. The van der Waals surface area contributed by atoms with Crippen LogP contribution in [0.3, 0.4) is 0 Å². The van der Waals surface area contributed by atoms with E-state index in [-0.39, 0.29) is 23.7 Å². The maximum Gasteiger partial charge on any atom is 0.328 e. The number of aryl methyl sites for hydroxylation is 1. The van der Waals surface area contributed by atoms with Gasteiger partial charge in [0.05, 0.1) is 12.4 Å². The topological polar surface area (TPSA) is 67.4 Å². The van der Waals surface area contributed by atoms with Crippen molar-refractivity contribution in [1.29, 1.82) is 0 Å². The maximum absolute atomic E-state index is 12.0. The Labute approximate surface area is 151 Å². The highest BCUT2D eigenvalue weighted by atomic mass is 32.2. The zero-order valence-electron chi connectivity index (χ0n) is 13.7. The lowest BCUT2D eigenvalue weighted by Crippen LogP contribution is -2.36. The van der Waals surface area contributed by atoms with Crippen molar-refractivity contribution >= 4 is 45.9 Å². The third-order valence-electron chi connectivity index (χ3n) is 3.62. The molecule has 1 aromatic carbocycles. The molecule has 1 aromatic rings. The third-order valence-corrected chi connectivity index (χ3v) is 4.88. The number of carbonyl (C=O) groups excluding carboxylic acids is 2. The third kappa shape index (κ3) is 6.13. The van der Waals surface area contributed by atoms with Gasteiger partial charge in [-0.3, -0.25) is 4.79 Å². The van der Waals surface area contributed by atoms with Crippen LogP contribution in [0.25, 0.3) is 0 Å². The average Bonchev–Trinajstić information content (AvgIpc) is 2.97. The van der Waals surface area contributed by atoms with Crippen molar-refractivity contribution < 1.29 is 14.3 Å². The van der Waals surface area contributed by atoms with Gasteiger partial charge in [0.1, 0.15) is 10.4 Å². The van der Waals surface area contributed by atoms with Crippen LogP contribution in [0.15, 0.2) is 24.3 Å². The number of anilines is 1. The molecule has 0 spiro atoms. The zero-order valence-corrected chi connectivity index (χ0v) is 15.3. The first kappa shape index (κ1) is 18.7. The number of rotatable bonds is 7. The molecule has 0 bridgehead atoms. The van der Waals surface area contributed by atoms with Crippen LogP contribution in [0.2, 0.25) is 0 Å².